The van der Waals surface area contributed by atoms with Crippen LogP contribution in [-0.2, 0) is 17.7 Å². The summed E-state index contributed by atoms with van der Waals surface area (Å²) in [6, 6.07) is 26.7. The predicted octanol–water partition coefficient (Wildman–Crippen LogP) is 7.39. The Labute approximate surface area is 256 Å². The van der Waals surface area contributed by atoms with Crippen molar-refractivity contribution in [1.82, 2.24) is 10.2 Å². The number of nitrogens with zero attached hydrogens (tertiary/aromatic N) is 1. The first-order valence-corrected chi connectivity index (χ1v) is 15.2. The van der Waals surface area contributed by atoms with Crippen molar-refractivity contribution in [3.8, 4) is 11.5 Å². The molecule has 2 atom stereocenters. The van der Waals surface area contributed by atoms with Gasteiger partial charge in [-0.25, -0.2) is 9.59 Å². The van der Waals surface area contributed by atoms with Crippen LogP contribution in [0.2, 0.25) is 0 Å². The predicted molar refractivity (Wildman–Crippen MR) is 172 cm³/mol. The van der Waals surface area contributed by atoms with E-state index in [0.717, 1.165) is 16.2 Å². The number of amides is 2. The summed E-state index contributed by atoms with van der Waals surface area (Å²) in [4.78, 5) is 29.6. The summed E-state index contributed by atoms with van der Waals surface area (Å²) in [5.74, 6) is 1.01. The highest BCUT2D eigenvalue weighted by Crippen LogP contribution is 2.40. The molecule has 1 aliphatic rings. The lowest BCUT2D eigenvalue weighted by atomic mass is 9.93. The molecule has 1 aliphatic heterocycles. The second kappa shape index (κ2) is 12.9. The number of rotatable bonds is 8. The van der Waals surface area contributed by atoms with Crippen molar-refractivity contribution >= 4 is 34.0 Å². The maximum absolute atomic E-state index is 13.2. The van der Waals surface area contributed by atoms with Gasteiger partial charge in [0.2, 0.25) is 0 Å². The lowest BCUT2D eigenvalue weighted by Crippen LogP contribution is -2.49. The molecule has 3 aromatic carbocycles. The Hall–Kier alpha value is -4.34. The molecule has 1 aromatic heterocycles. The normalized spacial score (nSPS) is 15.7. The minimum Gasteiger partial charge on any atom is -0.457 e. The molecule has 4 N–H and O–H groups in total. The topological polar surface area (TPSA) is 106 Å². The van der Waals surface area contributed by atoms with E-state index in [-0.39, 0.29) is 18.1 Å². The average molecular weight is 599 g/mol. The number of ether oxygens (including phenoxy) is 2. The number of anilines is 2. The number of thiophene rings is 1. The quantitative estimate of drug-likeness (QED) is 0.183. The molecular formula is C34H38N4O4S. The summed E-state index contributed by atoms with van der Waals surface area (Å²) in [6.45, 7) is 8.69. The smallest absolute Gasteiger partial charge is 0.341 e. The molecule has 5 rings (SSSR count). The molecule has 2 amide bonds. The second-order valence-corrected chi connectivity index (χ2v) is 12.8. The van der Waals surface area contributed by atoms with Crippen molar-refractivity contribution in [2.45, 2.75) is 58.3 Å². The van der Waals surface area contributed by atoms with Gasteiger partial charge in [0.15, 0.2) is 0 Å². The highest BCUT2D eigenvalue weighted by atomic mass is 32.1. The Morgan fingerprint density at radius 2 is 1.60 bits per heavy atom. The van der Waals surface area contributed by atoms with Crippen LogP contribution >= 0.6 is 11.3 Å². The van der Waals surface area contributed by atoms with Crippen molar-refractivity contribution in [1.29, 1.82) is 0 Å². The Bertz CT molecular complexity index is 1550. The van der Waals surface area contributed by atoms with Crippen LogP contribution in [0.4, 0.5) is 15.5 Å². The molecule has 224 valence electrons. The number of hydrogen-bond acceptors (Lipinski definition) is 7. The second-order valence-electron chi connectivity index (χ2n) is 11.6. The molecule has 8 nitrogen and oxygen atoms in total. The van der Waals surface area contributed by atoms with E-state index in [4.69, 9.17) is 15.2 Å². The highest BCUT2D eigenvalue weighted by Gasteiger charge is 2.36. The van der Waals surface area contributed by atoms with E-state index in [1.165, 1.54) is 16.9 Å². The fourth-order valence-corrected chi connectivity index (χ4v) is 6.36. The molecule has 2 unspecified atom stereocenters. The van der Waals surface area contributed by atoms with Crippen molar-refractivity contribution in [3.05, 3.63) is 106 Å². The molecule has 0 aliphatic carbocycles. The van der Waals surface area contributed by atoms with E-state index in [1.54, 1.807) is 12.1 Å². The van der Waals surface area contributed by atoms with Crippen LogP contribution in [0.25, 0.3) is 0 Å². The minimum absolute atomic E-state index is 0.0784. The summed E-state index contributed by atoms with van der Waals surface area (Å²) in [5.41, 5.74) is 8.95. The fraction of sp³-hybridized carbons (Fsp3) is 0.294. The van der Waals surface area contributed by atoms with E-state index in [2.05, 4.69) is 34.6 Å². The number of carbonyl (C=O) groups excluding carboxylic acids is 2. The van der Waals surface area contributed by atoms with E-state index in [0.29, 0.717) is 41.5 Å². The largest absolute Gasteiger partial charge is 0.457 e. The Morgan fingerprint density at radius 3 is 2.26 bits per heavy atom. The van der Waals surface area contributed by atoms with Crippen LogP contribution in [0.5, 0.6) is 11.5 Å². The van der Waals surface area contributed by atoms with Gasteiger partial charge < -0.3 is 25.8 Å². The van der Waals surface area contributed by atoms with Crippen molar-refractivity contribution in [2.24, 2.45) is 0 Å². The molecule has 0 saturated carbocycles. The third-order valence-electron chi connectivity index (χ3n) is 7.32. The van der Waals surface area contributed by atoms with Crippen molar-refractivity contribution in [3.63, 3.8) is 0 Å². The summed E-state index contributed by atoms with van der Waals surface area (Å²) >= 11 is 1.44. The number of carbonyl (C=O) groups is 2. The fourth-order valence-electron chi connectivity index (χ4n) is 5.26. The summed E-state index contributed by atoms with van der Waals surface area (Å²) < 4.78 is 11.5. The zero-order valence-electron chi connectivity index (χ0n) is 24.9. The van der Waals surface area contributed by atoms with Gasteiger partial charge in [0.25, 0.3) is 0 Å². The summed E-state index contributed by atoms with van der Waals surface area (Å²) in [7, 11) is 0. The molecule has 43 heavy (non-hydrogen) atoms. The average Bonchev–Trinajstić information content (AvgIpc) is 3.31. The Kier molecular flexibility index (Phi) is 9.03. The van der Waals surface area contributed by atoms with Gasteiger partial charge in [-0.05, 0) is 81.6 Å². The SMILES string of the molecule is CC(c1ccccc1)N1Cc2sc(N)c(C(=O)OC(C)(C)C)c2CC1CNC(=O)Nc1ccc(Oc2ccccc2)cc1. The van der Waals surface area contributed by atoms with Crippen LogP contribution in [0.1, 0.15) is 60.1 Å². The number of fused-ring (bicyclic) bond motifs is 1. The van der Waals surface area contributed by atoms with Crippen LogP contribution in [-0.4, -0.2) is 35.1 Å². The van der Waals surface area contributed by atoms with Gasteiger partial charge in [-0.15, -0.1) is 11.3 Å². The monoisotopic (exact) mass is 598 g/mol. The van der Waals surface area contributed by atoms with Gasteiger partial charge >= 0.3 is 12.0 Å². The minimum atomic E-state index is -0.633. The molecule has 0 spiro atoms. The number of hydrogen-bond donors (Lipinski definition) is 3. The van der Waals surface area contributed by atoms with Crippen molar-refractivity contribution in [2.75, 3.05) is 17.6 Å². The van der Waals surface area contributed by atoms with Crippen LogP contribution in [0.3, 0.4) is 0 Å². The van der Waals surface area contributed by atoms with Crippen LogP contribution < -0.4 is 21.1 Å². The molecule has 9 heteroatoms. The van der Waals surface area contributed by atoms with Gasteiger partial charge in [0.05, 0.1) is 5.56 Å². The molecule has 0 radical (unpaired) electrons. The molecule has 4 aromatic rings. The molecule has 0 bridgehead atoms. The number of nitrogen functional groups attached to an aromatic ring is 1. The number of nitrogens with one attached hydrogen (secondary N) is 2. The van der Waals surface area contributed by atoms with E-state index < -0.39 is 11.6 Å². The van der Waals surface area contributed by atoms with Crippen molar-refractivity contribution < 1.29 is 19.1 Å². The van der Waals surface area contributed by atoms with Gasteiger partial charge in [-0.3, -0.25) is 4.90 Å². The Balaban J connectivity index is 1.30. The third kappa shape index (κ3) is 7.55. The zero-order chi connectivity index (χ0) is 30.6. The molecule has 2 heterocycles. The van der Waals surface area contributed by atoms with E-state index in [1.807, 2.05) is 81.4 Å². The molecule has 0 saturated heterocycles. The standard InChI is InChI=1S/C34H38N4O4S/c1-22(23-11-7-5-8-12-23)38-21-29-28(30(31(35)43-29)32(39)42-34(2,3)4)19-25(38)20-36-33(40)37-24-15-17-27(18-16-24)41-26-13-9-6-10-14-26/h5-18,22,25H,19-21,35H2,1-4H3,(H2,36,37,40). The molecular weight excluding hydrogens is 560 g/mol. The lowest BCUT2D eigenvalue weighted by Gasteiger charge is -2.40. The van der Waals surface area contributed by atoms with E-state index in [9.17, 15) is 9.59 Å². The van der Waals surface area contributed by atoms with Crippen LogP contribution in [0.15, 0.2) is 84.9 Å². The Morgan fingerprint density at radius 1 is 0.977 bits per heavy atom. The number of nitrogens with two attached hydrogens (primary N) is 1. The lowest BCUT2D eigenvalue weighted by molar-refractivity contribution is 0.00685. The molecule has 0 fully saturated rings. The van der Waals surface area contributed by atoms with E-state index >= 15 is 0 Å². The first kappa shape index (κ1) is 30.1. The summed E-state index contributed by atoms with van der Waals surface area (Å²) in [5, 5.41) is 6.43. The number of benzene rings is 3. The van der Waals surface area contributed by atoms with Crippen LogP contribution in [0, 0.1) is 0 Å². The van der Waals surface area contributed by atoms with Gasteiger partial charge in [-0.2, -0.15) is 0 Å². The number of para-hydroxylation sites is 1. The number of urea groups is 1. The van der Waals surface area contributed by atoms with Gasteiger partial charge in [0, 0.05) is 35.7 Å². The number of esters is 1. The highest BCUT2D eigenvalue weighted by molar-refractivity contribution is 7.16. The first-order valence-electron chi connectivity index (χ1n) is 14.4. The zero-order valence-corrected chi connectivity index (χ0v) is 25.7. The van der Waals surface area contributed by atoms with Gasteiger partial charge in [0.1, 0.15) is 22.1 Å². The first-order chi connectivity index (χ1) is 20.6. The third-order valence-corrected chi connectivity index (χ3v) is 8.37. The van der Waals surface area contributed by atoms with Gasteiger partial charge in [-0.1, -0.05) is 48.5 Å². The maximum atomic E-state index is 13.2. The maximum Gasteiger partial charge on any atom is 0.341 e. The summed E-state index contributed by atoms with van der Waals surface area (Å²) in [6.07, 6.45) is 0.556.